The summed E-state index contributed by atoms with van der Waals surface area (Å²) in [6.45, 7) is 3.59. The molecule has 2 amide bonds. The second kappa shape index (κ2) is 2.91. The van der Waals surface area contributed by atoms with Gasteiger partial charge in [-0.05, 0) is 30.9 Å². The third-order valence-electron chi connectivity index (χ3n) is 2.75. The quantitative estimate of drug-likeness (QED) is 0.599. The molecule has 2 aliphatic rings. The van der Waals surface area contributed by atoms with E-state index in [2.05, 4.69) is 13.0 Å². The summed E-state index contributed by atoms with van der Waals surface area (Å²) in [6.07, 6.45) is 4.43. The highest BCUT2D eigenvalue weighted by molar-refractivity contribution is 5.74. The minimum atomic E-state index is -0.305. The number of nitrogens with two attached hydrogens (primary N) is 1. The summed E-state index contributed by atoms with van der Waals surface area (Å²) in [5, 5.41) is 0. The Bertz CT molecular complexity index is 315. The highest BCUT2D eigenvalue weighted by atomic mass is 16.2. The van der Waals surface area contributed by atoms with Crippen molar-refractivity contribution in [3.8, 4) is 0 Å². The van der Waals surface area contributed by atoms with E-state index in [1.807, 2.05) is 0 Å². The molecule has 0 bridgehead atoms. The summed E-state index contributed by atoms with van der Waals surface area (Å²) in [7, 11) is 0. The normalized spacial score (nSPS) is 21.6. The largest absolute Gasteiger partial charge is 0.351 e. The smallest absolute Gasteiger partial charge is 0.315 e. The maximum Gasteiger partial charge on any atom is 0.315 e. The first kappa shape index (κ1) is 8.35. The van der Waals surface area contributed by atoms with E-state index in [-0.39, 0.29) is 6.03 Å². The Hall–Kier alpha value is -1.25. The van der Waals surface area contributed by atoms with Crippen molar-refractivity contribution < 1.29 is 4.79 Å². The Morgan fingerprint density at radius 3 is 2.92 bits per heavy atom. The van der Waals surface area contributed by atoms with E-state index in [0.29, 0.717) is 6.54 Å². The van der Waals surface area contributed by atoms with Gasteiger partial charge in [0, 0.05) is 13.1 Å². The molecule has 1 aliphatic heterocycles. The molecule has 1 aliphatic carbocycles. The number of urea groups is 1. The SMILES string of the molecule is CC1=CC2=C(CC1)CN(C(N)=O)C2. The highest BCUT2D eigenvalue weighted by Gasteiger charge is 2.24. The fourth-order valence-electron chi connectivity index (χ4n) is 1.97. The van der Waals surface area contributed by atoms with Crippen molar-refractivity contribution in [2.75, 3.05) is 13.1 Å². The van der Waals surface area contributed by atoms with E-state index < -0.39 is 0 Å². The average molecular weight is 178 g/mol. The molecule has 0 saturated carbocycles. The molecule has 0 atom stereocenters. The van der Waals surface area contributed by atoms with Crippen LogP contribution in [0.2, 0.25) is 0 Å². The zero-order chi connectivity index (χ0) is 9.42. The summed E-state index contributed by atoms with van der Waals surface area (Å²) in [4.78, 5) is 12.6. The molecule has 0 saturated heterocycles. The number of amides is 2. The van der Waals surface area contributed by atoms with E-state index in [1.165, 1.54) is 16.7 Å². The predicted octanol–water partition coefficient (Wildman–Crippen LogP) is 1.42. The standard InChI is InChI=1S/C10H14N2O/c1-7-2-3-8-5-12(10(11)13)6-9(8)4-7/h4H,2-3,5-6H2,1H3,(H2,11,13). The van der Waals surface area contributed by atoms with Gasteiger partial charge in [-0.3, -0.25) is 0 Å². The van der Waals surface area contributed by atoms with E-state index in [1.54, 1.807) is 4.90 Å². The van der Waals surface area contributed by atoms with Gasteiger partial charge in [0.2, 0.25) is 0 Å². The van der Waals surface area contributed by atoms with Crippen LogP contribution in [0.1, 0.15) is 19.8 Å². The van der Waals surface area contributed by atoms with Crippen molar-refractivity contribution in [2.24, 2.45) is 5.73 Å². The molecule has 13 heavy (non-hydrogen) atoms. The minimum absolute atomic E-state index is 0.305. The molecule has 70 valence electrons. The summed E-state index contributed by atoms with van der Waals surface area (Å²) >= 11 is 0. The molecule has 0 aromatic heterocycles. The Kier molecular flexibility index (Phi) is 1.87. The van der Waals surface area contributed by atoms with Gasteiger partial charge in [-0.2, -0.15) is 0 Å². The monoisotopic (exact) mass is 178 g/mol. The molecule has 3 nitrogen and oxygen atoms in total. The van der Waals surface area contributed by atoms with Crippen LogP contribution in [0.25, 0.3) is 0 Å². The van der Waals surface area contributed by atoms with Gasteiger partial charge in [0.25, 0.3) is 0 Å². The lowest BCUT2D eigenvalue weighted by molar-refractivity contribution is 0.219. The number of carbonyl (C=O) groups excluding carboxylic acids is 1. The number of primary amides is 1. The highest BCUT2D eigenvalue weighted by Crippen LogP contribution is 2.29. The number of allylic oxidation sites excluding steroid dienone is 1. The first-order valence-corrected chi connectivity index (χ1v) is 4.59. The van der Waals surface area contributed by atoms with Gasteiger partial charge in [-0.1, -0.05) is 11.6 Å². The van der Waals surface area contributed by atoms with Crippen molar-refractivity contribution >= 4 is 6.03 Å². The van der Waals surface area contributed by atoms with Gasteiger partial charge in [-0.15, -0.1) is 0 Å². The number of rotatable bonds is 0. The van der Waals surface area contributed by atoms with Crippen LogP contribution in [0.5, 0.6) is 0 Å². The number of hydrogen-bond donors (Lipinski definition) is 1. The molecule has 1 heterocycles. The number of nitrogens with zero attached hydrogens (tertiary/aromatic N) is 1. The van der Waals surface area contributed by atoms with Gasteiger partial charge in [-0.25, -0.2) is 4.79 Å². The topological polar surface area (TPSA) is 46.3 Å². The van der Waals surface area contributed by atoms with Gasteiger partial charge in [0.05, 0.1) is 0 Å². The lowest BCUT2D eigenvalue weighted by atomic mass is 9.95. The van der Waals surface area contributed by atoms with Crippen molar-refractivity contribution in [1.82, 2.24) is 4.90 Å². The summed E-state index contributed by atoms with van der Waals surface area (Å²) < 4.78 is 0. The van der Waals surface area contributed by atoms with Crippen LogP contribution in [-0.4, -0.2) is 24.0 Å². The Labute approximate surface area is 77.9 Å². The third-order valence-corrected chi connectivity index (χ3v) is 2.75. The second-order valence-corrected chi connectivity index (χ2v) is 3.81. The lowest BCUT2D eigenvalue weighted by Crippen LogP contribution is -2.34. The van der Waals surface area contributed by atoms with Crippen LogP contribution in [0.4, 0.5) is 4.79 Å². The Balaban J connectivity index is 2.15. The maximum atomic E-state index is 10.9. The molecule has 0 radical (unpaired) electrons. The maximum absolute atomic E-state index is 10.9. The average Bonchev–Trinajstić information content (AvgIpc) is 2.46. The molecule has 0 spiro atoms. The van der Waals surface area contributed by atoms with Crippen LogP contribution in [-0.2, 0) is 0 Å². The molecule has 0 fully saturated rings. The van der Waals surface area contributed by atoms with Gasteiger partial charge in [0.1, 0.15) is 0 Å². The van der Waals surface area contributed by atoms with Crippen LogP contribution in [0.15, 0.2) is 22.8 Å². The first-order chi connectivity index (χ1) is 6.16. The van der Waals surface area contributed by atoms with E-state index in [4.69, 9.17) is 5.73 Å². The van der Waals surface area contributed by atoms with Crippen LogP contribution in [0, 0.1) is 0 Å². The molecule has 0 aromatic carbocycles. The molecular weight excluding hydrogens is 164 g/mol. The lowest BCUT2D eigenvalue weighted by Gasteiger charge is -2.12. The zero-order valence-corrected chi connectivity index (χ0v) is 7.84. The van der Waals surface area contributed by atoms with Crippen LogP contribution >= 0.6 is 0 Å². The fraction of sp³-hybridized carbons (Fsp3) is 0.500. The van der Waals surface area contributed by atoms with Crippen LogP contribution in [0.3, 0.4) is 0 Å². The summed E-state index contributed by atoms with van der Waals surface area (Å²) in [6, 6.07) is -0.305. The summed E-state index contributed by atoms with van der Waals surface area (Å²) in [5.74, 6) is 0. The van der Waals surface area contributed by atoms with Crippen molar-refractivity contribution in [1.29, 1.82) is 0 Å². The van der Waals surface area contributed by atoms with Gasteiger partial charge in [0.15, 0.2) is 0 Å². The molecule has 0 aromatic rings. The molecule has 0 unspecified atom stereocenters. The Morgan fingerprint density at radius 1 is 1.46 bits per heavy atom. The molecule has 3 heteroatoms. The van der Waals surface area contributed by atoms with E-state index in [9.17, 15) is 4.79 Å². The van der Waals surface area contributed by atoms with Crippen LogP contribution < -0.4 is 5.73 Å². The van der Waals surface area contributed by atoms with E-state index >= 15 is 0 Å². The zero-order valence-electron chi connectivity index (χ0n) is 7.84. The third kappa shape index (κ3) is 1.46. The van der Waals surface area contributed by atoms with E-state index in [0.717, 1.165) is 19.4 Å². The minimum Gasteiger partial charge on any atom is -0.351 e. The van der Waals surface area contributed by atoms with Gasteiger partial charge >= 0.3 is 6.03 Å². The van der Waals surface area contributed by atoms with Gasteiger partial charge < -0.3 is 10.6 Å². The second-order valence-electron chi connectivity index (χ2n) is 3.81. The van der Waals surface area contributed by atoms with Crippen molar-refractivity contribution in [3.63, 3.8) is 0 Å². The summed E-state index contributed by atoms with van der Waals surface area (Å²) in [5.41, 5.74) is 9.33. The fourth-order valence-corrected chi connectivity index (χ4v) is 1.97. The Morgan fingerprint density at radius 2 is 2.23 bits per heavy atom. The van der Waals surface area contributed by atoms with Crippen molar-refractivity contribution in [3.05, 3.63) is 22.8 Å². The predicted molar refractivity (Wildman–Crippen MR) is 51.2 cm³/mol. The molecule has 2 N–H and O–H groups in total. The number of hydrogen-bond acceptors (Lipinski definition) is 1. The first-order valence-electron chi connectivity index (χ1n) is 4.59. The molecular formula is C10H14N2O. The number of carbonyl (C=O) groups is 1. The molecule has 2 rings (SSSR count). The van der Waals surface area contributed by atoms with Crippen molar-refractivity contribution in [2.45, 2.75) is 19.8 Å².